The van der Waals surface area contributed by atoms with Crippen LogP contribution in [0.15, 0.2) is 66.7 Å². The third-order valence-corrected chi connectivity index (χ3v) is 4.09. The molecular weight excluding hydrogens is 244 g/mol. The molecule has 0 N–H and O–H groups in total. The molecule has 1 unspecified atom stereocenters. The largest absolute Gasteiger partial charge is 0.485 e. The van der Waals surface area contributed by atoms with Crippen molar-refractivity contribution in [1.29, 1.82) is 0 Å². The summed E-state index contributed by atoms with van der Waals surface area (Å²) in [5, 5.41) is 2.59. The van der Waals surface area contributed by atoms with Gasteiger partial charge in [0.25, 0.3) is 0 Å². The summed E-state index contributed by atoms with van der Waals surface area (Å²) in [6.45, 7) is 0. The van der Waals surface area contributed by atoms with E-state index in [1.165, 1.54) is 21.9 Å². The molecule has 20 heavy (non-hydrogen) atoms. The Morgan fingerprint density at radius 2 is 1.60 bits per heavy atom. The molecule has 1 aliphatic heterocycles. The Kier molecular flexibility index (Phi) is 2.70. The fourth-order valence-corrected chi connectivity index (χ4v) is 3.07. The zero-order chi connectivity index (χ0) is 13.4. The Hall–Kier alpha value is -2.28. The van der Waals surface area contributed by atoms with E-state index in [9.17, 15) is 0 Å². The molecule has 1 atom stereocenters. The van der Waals surface area contributed by atoms with E-state index in [1.54, 1.807) is 0 Å². The van der Waals surface area contributed by atoms with Crippen LogP contribution in [-0.4, -0.2) is 0 Å². The zero-order valence-electron chi connectivity index (χ0n) is 11.3. The van der Waals surface area contributed by atoms with E-state index in [0.29, 0.717) is 0 Å². The number of hydrogen-bond donors (Lipinski definition) is 0. The summed E-state index contributed by atoms with van der Waals surface area (Å²) >= 11 is 0. The average Bonchev–Trinajstić information content (AvgIpc) is 2.54. The van der Waals surface area contributed by atoms with Gasteiger partial charge < -0.3 is 4.74 Å². The number of hydrogen-bond acceptors (Lipinski definition) is 1. The topological polar surface area (TPSA) is 9.23 Å². The highest BCUT2D eigenvalue weighted by Crippen LogP contribution is 2.37. The number of benzene rings is 3. The molecule has 1 heterocycles. The van der Waals surface area contributed by atoms with Crippen molar-refractivity contribution in [3.8, 4) is 5.75 Å². The summed E-state index contributed by atoms with van der Waals surface area (Å²) in [4.78, 5) is 0. The Morgan fingerprint density at radius 1 is 0.800 bits per heavy atom. The molecule has 0 amide bonds. The van der Waals surface area contributed by atoms with E-state index in [-0.39, 0.29) is 6.10 Å². The van der Waals surface area contributed by atoms with E-state index in [1.807, 2.05) is 6.07 Å². The maximum atomic E-state index is 6.23. The van der Waals surface area contributed by atoms with Crippen molar-refractivity contribution in [1.82, 2.24) is 0 Å². The molecular formula is C19H16O. The zero-order valence-corrected chi connectivity index (χ0v) is 11.3. The van der Waals surface area contributed by atoms with Crippen LogP contribution in [0.25, 0.3) is 10.8 Å². The normalized spacial score (nSPS) is 17.5. The summed E-state index contributed by atoms with van der Waals surface area (Å²) in [5.74, 6) is 1.04. The summed E-state index contributed by atoms with van der Waals surface area (Å²) in [6.07, 6.45) is 2.30. The van der Waals surface area contributed by atoms with Crippen molar-refractivity contribution in [3.63, 3.8) is 0 Å². The minimum atomic E-state index is 0.163. The van der Waals surface area contributed by atoms with Gasteiger partial charge in [0.2, 0.25) is 0 Å². The van der Waals surface area contributed by atoms with E-state index < -0.39 is 0 Å². The highest BCUT2D eigenvalue weighted by atomic mass is 16.5. The molecule has 0 bridgehead atoms. The van der Waals surface area contributed by atoms with Gasteiger partial charge in [0, 0.05) is 5.56 Å². The van der Waals surface area contributed by atoms with Crippen LogP contribution >= 0.6 is 0 Å². The number of fused-ring (bicyclic) bond motifs is 2. The van der Waals surface area contributed by atoms with Gasteiger partial charge in [-0.3, -0.25) is 0 Å². The molecule has 4 rings (SSSR count). The van der Waals surface area contributed by atoms with Crippen LogP contribution in [0, 0.1) is 0 Å². The van der Waals surface area contributed by atoms with Gasteiger partial charge in [0.05, 0.1) is 0 Å². The Bertz CT molecular complexity index is 755. The summed E-state index contributed by atoms with van der Waals surface area (Å²) in [7, 11) is 0. The first-order valence-electron chi connectivity index (χ1n) is 7.14. The standard InChI is InChI=1S/C19H16O/c1-3-9-16-14(6-1)8-5-10-17(16)19-13-12-15-7-2-4-11-18(15)20-19/h1-11,19H,12-13H2. The van der Waals surface area contributed by atoms with Crippen molar-refractivity contribution in [2.45, 2.75) is 18.9 Å². The fourth-order valence-electron chi connectivity index (χ4n) is 3.07. The highest BCUT2D eigenvalue weighted by Gasteiger charge is 2.22. The lowest BCUT2D eigenvalue weighted by Crippen LogP contribution is -2.15. The SMILES string of the molecule is c1ccc2c(c1)CCC(c1cccc3ccccc13)O2. The third-order valence-electron chi connectivity index (χ3n) is 4.09. The molecule has 0 radical (unpaired) electrons. The van der Waals surface area contributed by atoms with Crippen LogP contribution in [0.4, 0.5) is 0 Å². The second-order valence-electron chi connectivity index (χ2n) is 5.32. The maximum Gasteiger partial charge on any atom is 0.125 e. The molecule has 3 aromatic rings. The fraction of sp³-hybridized carbons (Fsp3) is 0.158. The molecule has 1 aliphatic rings. The Morgan fingerprint density at radius 3 is 2.60 bits per heavy atom. The number of ether oxygens (including phenoxy) is 1. The molecule has 0 saturated carbocycles. The van der Waals surface area contributed by atoms with Crippen LogP contribution in [0.1, 0.15) is 23.7 Å². The van der Waals surface area contributed by atoms with E-state index in [0.717, 1.165) is 18.6 Å². The van der Waals surface area contributed by atoms with Gasteiger partial charge >= 0.3 is 0 Å². The summed E-state index contributed by atoms with van der Waals surface area (Å²) in [6, 6.07) is 23.4. The minimum absolute atomic E-state index is 0.163. The van der Waals surface area contributed by atoms with Gasteiger partial charge in [-0.15, -0.1) is 0 Å². The van der Waals surface area contributed by atoms with Crippen molar-refractivity contribution >= 4 is 10.8 Å². The van der Waals surface area contributed by atoms with Crippen molar-refractivity contribution < 1.29 is 4.74 Å². The predicted molar refractivity (Wildman–Crippen MR) is 82.1 cm³/mol. The molecule has 0 aromatic heterocycles. The maximum absolute atomic E-state index is 6.23. The molecule has 0 aliphatic carbocycles. The second-order valence-corrected chi connectivity index (χ2v) is 5.32. The van der Waals surface area contributed by atoms with Gasteiger partial charge in [-0.1, -0.05) is 60.7 Å². The van der Waals surface area contributed by atoms with Crippen molar-refractivity contribution in [3.05, 3.63) is 77.9 Å². The van der Waals surface area contributed by atoms with Crippen LogP contribution in [0.5, 0.6) is 5.75 Å². The third kappa shape index (κ3) is 1.87. The minimum Gasteiger partial charge on any atom is -0.485 e. The number of para-hydroxylation sites is 1. The number of aryl methyl sites for hydroxylation is 1. The monoisotopic (exact) mass is 260 g/mol. The van der Waals surface area contributed by atoms with Gasteiger partial charge in [-0.25, -0.2) is 0 Å². The molecule has 0 fully saturated rings. The Labute approximate surface area is 118 Å². The smallest absolute Gasteiger partial charge is 0.125 e. The van der Waals surface area contributed by atoms with E-state index >= 15 is 0 Å². The van der Waals surface area contributed by atoms with Crippen LogP contribution < -0.4 is 4.74 Å². The van der Waals surface area contributed by atoms with Gasteiger partial charge in [0.15, 0.2) is 0 Å². The van der Waals surface area contributed by atoms with E-state index in [4.69, 9.17) is 4.74 Å². The number of rotatable bonds is 1. The van der Waals surface area contributed by atoms with Crippen molar-refractivity contribution in [2.24, 2.45) is 0 Å². The summed E-state index contributed by atoms with van der Waals surface area (Å²) < 4.78 is 6.23. The molecule has 3 aromatic carbocycles. The van der Waals surface area contributed by atoms with Crippen LogP contribution in [-0.2, 0) is 6.42 Å². The molecule has 0 saturated heterocycles. The lowest BCUT2D eigenvalue weighted by atomic mass is 9.94. The first kappa shape index (κ1) is 11.5. The van der Waals surface area contributed by atoms with Gasteiger partial charge in [-0.2, -0.15) is 0 Å². The predicted octanol–water partition coefficient (Wildman–Crippen LogP) is 4.91. The van der Waals surface area contributed by atoms with E-state index in [2.05, 4.69) is 60.7 Å². The molecule has 1 nitrogen and oxygen atoms in total. The molecule has 0 spiro atoms. The van der Waals surface area contributed by atoms with Gasteiger partial charge in [0.1, 0.15) is 11.9 Å². The highest BCUT2D eigenvalue weighted by molar-refractivity contribution is 5.86. The first-order valence-corrected chi connectivity index (χ1v) is 7.14. The van der Waals surface area contributed by atoms with Crippen LogP contribution in [0.3, 0.4) is 0 Å². The average molecular weight is 260 g/mol. The van der Waals surface area contributed by atoms with Crippen molar-refractivity contribution in [2.75, 3.05) is 0 Å². The first-order chi connectivity index (χ1) is 9.92. The molecule has 1 heteroatoms. The second kappa shape index (κ2) is 4.68. The van der Waals surface area contributed by atoms with Crippen LogP contribution in [0.2, 0.25) is 0 Å². The molecule has 98 valence electrons. The Balaban J connectivity index is 1.78. The lowest BCUT2D eigenvalue weighted by molar-refractivity contribution is 0.178. The lowest BCUT2D eigenvalue weighted by Gasteiger charge is -2.27. The van der Waals surface area contributed by atoms with Gasteiger partial charge in [-0.05, 0) is 35.2 Å². The quantitative estimate of drug-likeness (QED) is 0.604. The summed E-state index contributed by atoms with van der Waals surface area (Å²) in [5.41, 5.74) is 2.63.